The number of nitrogens with one attached hydrogen (secondary N) is 1. The smallest absolute Gasteiger partial charge is 0.265 e. The molecule has 0 spiro atoms. The van der Waals surface area contributed by atoms with Crippen LogP contribution < -0.4 is 28.6 Å². The molecule has 0 saturated heterocycles. The average Bonchev–Trinajstić information content (AvgIpc) is 3.14. The highest BCUT2D eigenvalue weighted by Crippen LogP contribution is 2.38. The Morgan fingerprint density at radius 1 is 0.765 bits per heavy atom. The fraction of sp³-hybridized carbons (Fsp3) is 0.333. The second-order valence-corrected chi connectivity index (χ2v) is 14.0. The molecule has 0 heterocycles. The van der Waals surface area contributed by atoms with Crippen molar-refractivity contribution in [3.05, 3.63) is 108 Å². The maximum absolute atomic E-state index is 14.9. The maximum Gasteiger partial charge on any atom is 0.265 e. The van der Waals surface area contributed by atoms with Gasteiger partial charge >= 0.3 is 0 Å². The molecule has 0 fully saturated rings. The van der Waals surface area contributed by atoms with Crippen molar-refractivity contribution in [3.63, 3.8) is 0 Å². The van der Waals surface area contributed by atoms with E-state index in [1.165, 1.54) is 57.6 Å². The van der Waals surface area contributed by atoms with Crippen LogP contribution in [0.2, 0.25) is 0 Å². The molecule has 2 atom stereocenters. The van der Waals surface area contributed by atoms with Gasteiger partial charge in [-0.3, -0.25) is 13.9 Å². The summed E-state index contributed by atoms with van der Waals surface area (Å²) in [4.78, 5) is 30.3. The minimum atomic E-state index is -4.49. The van der Waals surface area contributed by atoms with Gasteiger partial charge in [-0.05, 0) is 55.7 Å². The standard InChI is InChI=1S/C39H47N3O8S/c1-8-28(3)40-39(44)34(22-29-14-10-9-11-15-29)41(25-30-16-12-13-27(2)21-30)38(43)26-42(33-23-31(47-4)17-19-35(33)48-5)51(45,46)32-18-20-36(49-6)37(24-32)50-7/h9-21,23-24,28,34H,8,22,25-26H2,1-7H3,(H,40,44)/t28-,34+/m1/s1. The van der Waals surface area contributed by atoms with Crippen molar-refractivity contribution in [2.45, 2.75) is 57.1 Å². The van der Waals surface area contributed by atoms with E-state index in [1.807, 2.05) is 75.4 Å². The van der Waals surface area contributed by atoms with Crippen molar-refractivity contribution in [2.24, 2.45) is 0 Å². The van der Waals surface area contributed by atoms with Gasteiger partial charge in [-0.15, -0.1) is 0 Å². The van der Waals surface area contributed by atoms with Gasteiger partial charge in [0.2, 0.25) is 11.8 Å². The number of methoxy groups -OCH3 is 4. The van der Waals surface area contributed by atoms with E-state index < -0.39 is 28.5 Å². The van der Waals surface area contributed by atoms with Crippen LogP contribution in [0.1, 0.15) is 37.0 Å². The summed E-state index contributed by atoms with van der Waals surface area (Å²) in [5.41, 5.74) is 2.67. The van der Waals surface area contributed by atoms with Gasteiger partial charge in [0.15, 0.2) is 11.5 Å². The summed E-state index contributed by atoms with van der Waals surface area (Å²) in [6, 6.07) is 24.8. The van der Waals surface area contributed by atoms with Crippen LogP contribution >= 0.6 is 0 Å². The fourth-order valence-electron chi connectivity index (χ4n) is 5.61. The number of carbonyl (C=O) groups is 2. The van der Waals surface area contributed by atoms with Crippen LogP contribution in [0.3, 0.4) is 0 Å². The fourth-order valence-corrected chi connectivity index (χ4v) is 7.04. The lowest BCUT2D eigenvalue weighted by molar-refractivity contribution is -0.140. The van der Waals surface area contributed by atoms with Crippen molar-refractivity contribution in [3.8, 4) is 23.0 Å². The van der Waals surface area contributed by atoms with Crippen LogP contribution in [0.15, 0.2) is 95.9 Å². The van der Waals surface area contributed by atoms with E-state index in [2.05, 4.69) is 5.32 Å². The van der Waals surface area contributed by atoms with Crippen LogP contribution in [0.25, 0.3) is 0 Å². The Hall–Kier alpha value is -5.23. The normalized spacial score (nSPS) is 12.3. The molecular weight excluding hydrogens is 671 g/mol. The zero-order chi connectivity index (χ0) is 37.1. The first-order chi connectivity index (χ1) is 24.4. The Morgan fingerprint density at radius 2 is 1.43 bits per heavy atom. The lowest BCUT2D eigenvalue weighted by Gasteiger charge is -2.34. The molecule has 272 valence electrons. The second kappa shape index (κ2) is 17.6. The lowest BCUT2D eigenvalue weighted by Crippen LogP contribution is -2.54. The topological polar surface area (TPSA) is 124 Å². The largest absolute Gasteiger partial charge is 0.497 e. The predicted molar refractivity (Wildman–Crippen MR) is 197 cm³/mol. The van der Waals surface area contributed by atoms with Crippen molar-refractivity contribution < 1.29 is 37.0 Å². The first-order valence-electron chi connectivity index (χ1n) is 16.6. The molecule has 0 aromatic heterocycles. The van der Waals surface area contributed by atoms with E-state index in [-0.39, 0.29) is 47.0 Å². The van der Waals surface area contributed by atoms with Gasteiger partial charge in [0.05, 0.1) is 39.0 Å². The number of aryl methyl sites for hydroxylation is 1. The Morgan fingerprint density at radius 3 is 2.06 bits per heavy atom. The highest BCUT2D eigenvalue weighted by atomic mass is 32.2. The summed E-state index contributed by atoms with van der Waals surface area (Å²) in [5, 5.41) is 3.05. The summed E-state index contributed by atoms with van der Waals surface area (Å²) in [7, 11) is 1.23. The van der Waals surface area contributed by atoms with Crippen LogP contribution in [0, 0.1) is 6.92 Å². The van der Waals surface area contributed by atoms with Crippen LogP contribution in [-0.2, 0) is 32.6 Å². The number of hydrogen-bond acceptors (Lipinski definition) is 8. The van der Waals surface area contributed by atoms with Crippen LogP contribution in [0.4, 0.5) is 5.69 Å². The highest BCUT2D eigenvalue weighted by Gasteiger charge is 2.36. The monoisotopic (exact) mass is 717 g/mol. The van der Waals surface area contributed by atoms with Gasteiger partial charge in [-0.2, -0.15) is 0 Å². The maximum atomic E-state index is 14.9. The Labute approximate surface area is 301 Å². The number of ether oxygens (including phenoxy) is 4. The first-order valence-corrected chi connectivity index (χ1v) is 18.1. The zero-order valence-electron chi connectivity index (χ0n) is 30.2. The molecule has 0 aliphatic carbocycles. The third-order valence-corrected chi connectivity index (χ3v) is 10.3. The summed E-state index contributed by atoms with van der Waals surface area (Å²) in [6.07, 6.45) is 0.883. The summed E-state index contributed by atoms with van der Waals surface area (Å²) >= 11 is 0. The predicted octanol–water partition coefficient (Wildman–Crippen LogP) is 5.78. The number of anilines is 1. The molecule has 0 aliphatic heterocycles. The van der Waals surface area contributed by atoms with Gasteiger partial charge in [-0.1, -0.05) is 67.1 Å². The molecule has 0 radical (unpaired) electrons. The quantitative estimate of drug-likeness (QED) is 0.146. The number of sulfonamides is 1. The third kappa shape index (κ3) is 9.52. The number of amides is 2. The number of hydrogen-bond donors (Lipinski definition) is 1. The van der Waals surface area contributed by atoms with E-state index in [9.17, 15) is 18.0 Å². The Kier molecular flexibility index (Phi) is 13.3. The molecule has 4 aromatic carbocycles. The van der Waals surface area contributed by atoms with Gasteiger partial charge < -0.3 is 29.2 Å². The third-order valence-electron chi connectivity index (χ3n) is 8.58. The summed E-state index contributed by atoms with van der Waals surface area (Å²) in [6.45, 7) is 5.18. The average molecular weight is 718 g/mol. The second-order valence-electron chi connectivity index (χ2n) is 12.1. The molecule has 12 heteroatoms. The first kappa shape index (κ1) is 38.6. The molecule has 11 nitrogen and oxygen atoms in total. The van der Waals surface area contributed by atoms with E-state index in [4.69, 9.17) is 18.9 Å². The lowest BCUT2D eigenvalue weighted by atomic mass is 10.0. The van der Waals surface area contributed by atoms with Crippen LogP contribution in [-0.4, -0.2) is 72.2 Å². The summed E-state index contributed by atoms with van der Waals surface area (Å²) in [5.74, 6) is 0.102. The molecule has 0 unspecified atom stereocenters. The Bertz CT molecular complexity index is 1900. The molecule has 0 bridgehead atoms. The van der Waals surface area contributed by atoms with Crippen molar-refractivity contribution >= 4 is 27.5 Å². The van der Waals surface area contributed by atoms with Gasteiger partial charge in [0, 0.05) is 31.1 Å². The number of rotatable bonds is 17. The molecule has 2 amide bonds. The van der Waals surface area contributed by atoms with E-state index in [0.717, 1.165) is 21.0 Å². The number of carbonyl (C=O) groups excluding carboxylic acids is 2. The molecule has 4 rings (SSSR count). The van der Waals surface area contributed by atoms with Gasteiger partial charge in [0.25, 0.3) is 10.0 Å². The molecular formula is C39H47N3O8S. The Balaban J connectivity index is 1.90. The van der Waals surface area contributed by atoms with E-state index in [1.54, 1.807) is 12.1 Å². The zero-order valence-corrected chi connectivity index (χ0v) is 31.0. The number of nitrogens with zero attached hydrogens (tertiary/aromatic N) is 2. The van der Waals surface area contributed by atoms with E-state index in [0.29, 0.717) is 17.9 Å². The minimum Gasteiger partial charge on any atom is -0.497 e. The molecule has 0 saturated carbocycles. The molecule has 1 N–H and O–H groups in total. The van der Waals surface area contributed by atoms with Gasteiger partial charge in [-0.25, -0.2) is 8.42 Å². The van der Waals surface area contributed by atoms with Crippen molar-refractivity contribution in [1.29, 1.82) is 0 Å². The van der Waals surface area contributed by atoms with Crippen LogP contribution in [0.5, 0.6) is 23.0 Å². The molecule has 4 aromatic rings. The van der Waals surface area contributed by atoms with Crippen molar-refractivity contribution in [1.82, 2.24) is 10.2 Å². The highest BCUT2D eigenvalue weighted by molar-refractivity contribution is 7.92. The van der Waals surface area contributed by atoms with E-state index >= 15 is 0 Å². The summed E-state index contributed by atoms with van der Waals surface area (Å²) < 4.78 is 52.2. The van der Waals surface area contributed by atoms with Crippen molar-refractivity contribution in [2.75, 3.05) is 39.3 Å². The number of benzene rings is 4. The van der Waals surface area contributed by atoms with Gasteiger partial charge in [0.1, 0.15) is 24.1 Å². The minimum absolute atomic E-state index is 0.0471. The molecule has 0 aliphatic rings. The molecule has 51 heavy (non-hydrogen) atoms. The SMILES string of the molecule is CC[C@@H](C)NC(=O)[C@H](Cc1ccccc1)N(Cc1cccc(C)c1)C(=O)CN(c1cc(OC)ccc1OC)S(=O)(=O)c1ccc(OC)c(OC)c1.